The van der Waals surface area contributed by atoms with E-state index >= 15 is 0 Å². The molecule has 0 aliphatic heterocycles. The first-order valence-electron chi connectivity index (χ1n) is 6.21. The van der Waals surface area contributed by atoms with Crippen molar-refractivity contribution in [2.75, 3.05) is 0 Å². The minimum absolute atomic E-state index is 1.04. The molecule has 85 valence electrons. The highest BCUT2D eigenvalue weighted by molar-refractivity contribution is 4.82. The summed E-state index contributed by atoms with van der Waals surface area (Å²) in [6, 6.07) is 0. The van der Waals surface area contributed by atoms with E-state index in [1.807, 2.05) is 0 Å². The van der Waals surface area contributed by atoms with Crippen molar-refractivity contribution in [3.05, 3.63) is 37.0 Å². The van der Waals surface area contributed by atoms with Gasteiger partial charge in [-0.3, -0.25) is 0 Å². The molecule has 0 aliphatic rings. The van der Waals surface area contributed by atoms with Crippen LogP contribution in [0, 0.1) is 6.58 Å². The van der Waals surface area contributed by atoms with E-state index in [4.69, 9.17) is 6.58 Å². The Kier molecular flexibility index (Phi) is 12.5. The van der Waals surface area contributed by atoms with Crippen molar-refractivity contribution in [2.45, 2.75) is 58.3 Å². The third kappa shape index (κ3) is 13.2. The monoisotopic (exact) mass is 205 g/mol. The van der Waals surface area contributed by atoms with Crippen LogP contribution in [0.3, 0.4) is 0 Å². The lowest BCUT2D eigenvalue weighted by molar-refractivity contribution is 0.694. The van der Waals surface area contributed by atoms with Gasteiger partial charge >= 0.3 is 0 Å². The molecule has 0 fully saturated rings. The Labute approximate surface area is 95.8 Å². The highest BCUT2D eigenvalue weighted by Crippen LogP contribution is 2.05. The van der Waals surface area contributed by atoms with Crippen LogP contribution in [0.25, 0.3) is 0 Å². The number of hydrogen-bond donors (Lipinski definition) is 0. The maximum atomic E-state index is 5.29. The van der Waals surface area contributed by atoms with E-state index in [9.17, 15) is 0 Å². The van der Waals surface area contributed by atoms with Gasteiger partial charge in [-0.15, -0.1) is 0 Å². The second-order valence-corrected chi connectivity index (χ2v) is 3.85. The lowest BCUT2D eigenvalue weighted by Crippen LogP contribution is -1.75. The zero-order valence-corrected chi connectivity index (χ0v) is 10.1. The molecule has 0 saturated carbocycles. The standard InChI is InChI=1S/C15H25/c1-3-5-7-9-11-13-15-14-12-10-8-6-4-2/h1,3-4,6,11,13H,5,7-10,12,14-15H2,2H3. The summed E-state index contributed by atoms with van der Waals surface area (Å²) in [5, 5.41) is 0. The lowest BCUT2D eigenvalue weighted by Gasteiger charge is -1.95. The van der Waals surface area contributed by atoms with Gasteiger partial charge in [0.05, 0.1) is 0 Å². The molecule has 0 aliphatic carbocycles. The van der Waals surface area contributed by atoms with Crippen LogP contribution in [0.4, 0.5) is 0 Å². The fraction of sp³-hybridized carbons (Fsp3) is 0.600. The topological polar surface area (TPSA) is 0 Å². The normalized spacial score (nSPS) is 11.5. The van der Waals surface area contributed by atoms with Gasteiger partial charge in [-0.25, -0.2) is 0 Å². The minimum atomic E-state index is 1.04. The summed E-state index contributed by atoms with van der Waals surface area (Å²) in [7, 11) is 0. The number of unbranched alkanes of at least 4 members (excludes halogenated alkanes) is 6. The summed E-state index contributed by atoms with van der Waals surface area (Å²) in [5.74, 6) is 0. The van der Waals surface area contributed by atoms with Gasteiger partial charge in [0.1, 0.15) is 0 Å². The molecule has 0 spiro atoms. The summed E-state index contributed by atoms with van der Waals surface area (Å²) < 4.78 is 0. The maximum absolute atomic E-state index is 5.29. The van der Waals surface area contributed by atoms with E-state index in [-0.39, 0.29) is 0 Å². The zero-order valence-electron chi connectivity index (χ0n) is 10.1. The molecule has 0 bridgehead atoms. The molecule has 0 unspecified atom stereocenters. The van der Waals surface area contributed by atoms with E-state index in [1.54, 1.807) is 6.08 Å². The summed E-state index contributed by atoms with van der Waals surface area (Å²) in [6.45, 7) is 7.38. The molecule has 0 nitrogen and oxygen atoms in total. The molecule has 0 rings (SSSR count). The van der Waals surface area contributed by atoms with Crippen LogP contribution in [-0.2, 0) is 0 Å². The number of rotatable bonds is 10. The second kappa shape index (κ2) is 13.2. The molecule has 1 radical (unpaired) electrons. The van der Waals surface area contributed by atoms with E-state index in [0.29, 0.717) is 0 Å². The van der Waals surface area contributed by atoms with E-state index in [2.05, 4.69) is 31.2 Å². The average Bonchev–Trinajstić information content (AvgIpc) is 2.26. The number of allylic oxidation sites excluding steroid dienone is 5. The third-order valence-electron chi connectivity index (χ3n) is 2.39. The molecule has 0 aromatic rings. The van der Waals surface area contributed by atoms with Crippen molar-refractivity contribution in [2.24, 2.45) is 0 Å². The van der Waals surface area contributed by atoms with Crippen LogP contribution < -0.4 is 0 Å². The highest BCUT2D eigenvalue weighted by atomic mass is 13.9. The molecule has 0 aromatic carbocycles. The second-order valence-electron chi connectivity index (χ2n) is 3.85. The van der Waals surface area contributed by atoms with Gasteiger partial charge < -0.3 is 0 Å². The predicted molar refractivity (Wildman–Crippen MR) is 69.8 cm³/mol. The predicted octanol–water partition coefficient (Wildman–Crippen LogP) is 5.23. The van der Waals surface area contributed by atoms with Crippen LogP contribution in [-0.4, -0.2) is 0 Å². The Morgan fingerprint density at radius 2 is 1.33 bits per heavy atom. The first kappa shape index (κ1) is 14.2. The van der Waals surface area contributed by atoms with Gasteiger partial charge in [0.2, 0.25) is 0 Å². The first-order valence-corrected chi connectivity index (χ1v) is 6.21. The van der Waals surface area contributed by atoms with E-state index < -0.39 is 0 Å². The van der Waals surface area contributed by atoms with Crippen molar-refractivity contribution in [3.8, 4) is 0 Å². The Morgan fingerprint density at radius 1 is 0.733 bits per heavy atom. The van der Waals surface area contributed by atoms with Crippen LogP contribution in [0.2, 0.25) is 0 Å². The Morgan fingerprint density at radius 3 is 1.93 bits per heavy atom. The summed E-state index contributed by atoms with van der Waals surface area (Å²) in [4.78, 5) is 0. The summed E-state index contributed by atoms with van der Waals surface area (Å²) in [5.41, 5.74) is 0. The molecular formula is C15H25. The summed E-state index contributed by atoms with van der Waals surface area (Å²) >= 11 is 0. The fourth-order valence-electron chi connectivity index (χ4n) is 1.46. The van der Waals surface area contributed by atoms with Gasteiger partial charge in [0, 0.05) is 0 Å². The number of hydrogen-bond acceptors (Lipinski definition) is 0. The molecule has 15 heavy (non-hydrogen) atoms. The molecule has 0 N–H and O–H groups in total. The van der Waals surface area contributed by atoms with Crippen LogP contribution in [0.15, 0.2) is 30.4 Å². The Hall–Kier alpha value is -0.780. The third-order valence-corrected chi connectivity index (χ3v) is 2.39. The molecular weight excluding hydrogens is 180 g/mol. The lowest BCUT2D eigenvalue weighted by atomic mass is 10.1. The van der Waals surface area contributed by atoms with Crippen LogP contribution in [0.1, 0.15) is 58.3 Å². The quantitative estimate of drug-likeness (QED) is 0.338. The SMILES string of the molecule is [CH]=CCCCC=CCCCCCC=CC. The van der Waals surface area contributed by atoms with Gasteiger partial charge in [-0.1, -0.05) is 43.4 Å². The molecule has 0 heteroatoms. The van der Waals surface area contributed by atoms with E-state index in [0.717, 1.165) is 6.42 Å². The zero-order chi connectivity index (χ0) is 11.2. The van der Waals surface area contributed by atoms with Gasteiger partial charge in [-0.2, -0.15) is 0 Å². The van der Waals surface area contributed by atoms with Crippen LogP contribution >= 0.6 is 0 Å². The molecule has 0 saturated heterocycles. The van der Waals surface area contributed by atoms with Gasteiger partial charge in [-0.05, 0) is 51.9 Å². The van der Waals surface area contributed by atoms with Crippen molar-refractivity contribution in [3.63, 3.8) is 0 Å². The van der Waals surface area contributed by atoms with E-state index in [1.165, 1.54) is 44.9 Å². The minimum Gasteiger partial charge on any atom is -0.0917 e. The Bertz CT molecular complexity index is 174. The van der Waals surface area contributed by atoms with Crippen molar-refractivity contribution in [1.29, 1.82) is 0 Å². The molecule has 0 atom stereocenters. The largest absolute Gasteiger partial charge is 0.0917 e. The molecule has 0 amide bonds. The van der Waals surface area contributed by atoms with Crippen molar-refractivity contribution in [1.82, 2.24) is 0 Å². The smallest absolute Gasteiger partial charge is 0.0345 e. The Balaban J connectivity index is 3.05. The fourth-order valence-corrected chi connectivity index (χ4v) is 1.46. The maximum Gasteiger partial charge on any atom is -0.0345 e. The van der Waals surface area contributed by atoms with Crippen molar-refractivity contribution >= 4 is 0 Å². The molecule has 0 aromatic heterocycles. The molecule has 0 heterocycles. The van der Waals surface area contributed by atoms with Crippen LogP contribution in [0.5, 0.6) is 0 Å². The van der Waals surface area contributed by atoms with Crippen molar-refractivity contribution < 1.29 is 0 Å². The first-order chi connectivity index (χ1) is 7.41. The average molecular weight is 205 g/mol. The highest BCUT2D eigenvalue weighted by Gasteiger charge is 1.85. The van der Waals surface area contributed by atoms with Gasteiger partial charge in [0.15, 0.2) is 0 Å². The van der Waals surface area contributed by atoms with Gasteiger partial charge in [0.25, 0.3) is 0 Å². The summed E-state index contributed by atoms with van der Waals surface area (Å²) in [6.07, 6.45) is 20.6.